The SMILES string of the molecule is CCOC(=O)c1cccc(COC(=O)c2cc3nc(-c4ccccc4)cc(=O)n3[nH]2)n1. The predicted octanol–water partition coefficient (Wildman–Crippen LogP) is 2.62. The van der Waals surface area contributed by atoms with Gasteiger partial charge in [-0.2, -0.15) is 0 Å². The minimum atomic E-state index is -0.686. The van der Waals surface area contributed by atoms with Gasteiger partial charge in [-0.05, 0) is 19.1 Å². The Morgan fingerprint density at radius 2 is 1.77 bits per heavy atom. The van der Waals surface area contributed by atoms with Crippen molar-refractivity contribution >= 4 is 17.6 Å². The summed E-state index contributed by atoms with van der Waals surface area (Å²) >= 11 is 0. The first-order valence-corrected chi connectivity index (χ1v) is 9.53. The number of ether oxygens (including phenoxy) is 2. The lowest BCUT2D eigenvalue weighted by molar-refractivity contribution is 0.0459. The van der Waals surface area contributed by atoms with Gasteiger partial charge in [-0.15, -0.1) is 0 Å². The number of aromatic amines is 1. The molecule has 3 aromatic heterocycles. The second-order valence-electron chi connectivity index (χ2n) is 6.52. The van der Waals surface area contributed by atoms with Crippen LogP contribution in [0.15, 0.2) is 65.5 Å². The number of benzene rings is 1. The first kappa shape index (κ1) is 20.0. The topological polar surface area (TPSA) is 116 Å². The van der Waals surface area contributed by atoms with E-state index in [2.05, 4.69) is 15.1 Å². The van der Waals surface area contributed by atoms with Crippen LogP contribution in [0.3, 0.4) is 0 Å². The molecule has 0 fully saturated rings. The van der Waals surface area contributed by atoms with E-state index in [-0.39, 0.29) is 30.2 Å². The zero-order chi connectivity index (χ0) is 21.8. The molecule has 0 unspecified atom stereocenters. The van der Waals surface area contributed by atoms with Crippen LogP contribution in [0.4, 0.5) is 0 Å². The summed E-state index contributed by atoms with van der Waals surface area (Å²) in [6.45, 7) is 1.78. The fourth-order valence-electron chi connectivity index (χ4n) is 2.95. The third-order valence-electron chi connectivity index (χ3n) is 4.38. The average Bonchev–Trinajstić information content (AvgIpc) is 3.23. The van der Waals surface area contributed by atoms with Gasteiger partial charge < -0.3 is 9.47 Å². The van der Waals surface area contributed by atoms with E-state index < -0.39 is 11.9 Å². The van der Waals surface area contributed by atoms with E-state index in [1.165, 1.54) is 22.7 Å². The van der Waals surface area contributed by atoms with Crippen molar-refractivity contribution in [3.8, 4) is 11.3 Å². The van der Waals surface area contributed by atoms with Gasteiger partial charge >= 0.3 is 11.9 Å². The second-order valence-corrected chi connectivity index (χ2v) is 6.52. The van der Waals surface area contributed by atoms with Crippen LogP contribution in [-0.4, -0.2) is 38.1 Å². The summed E-state index contributed by atoms with van der Waals surface area (Å²) < 4.78 is 11.3. The Bertz CT molecular complexity index is 1310. The van der Waals surface area contributed by atoms with Crippen LogP contribution in [0.1, 0.15) is 33.6 Å². The smallest absolute Gasteiger partial charge is 0.356 e. The lowest BCUT2D eigenvalue weighted by atomic mass is 10.1. The summed E-state index contributed by atoms with van der Waals surface area (Å²) in [4.78, 5) is 45.2. The summed E-state index contributed by atoms with van der Waals surface area (Å²) in [5.41, 5.74) is 1.81. The highest BCUT2D eigenvalue weighted by molar-refractivity contribution is 5.89. The Hall–Kier alpha value is -4.27. The summed E-state index contributed by atoms with van der Waals surface area (Å²) in [5, 5.41) is 2.70. The molecule has 1 aromatic carbocycles. The normalized spacial score (nSPS) is 10.7. The van der Waals surface area contributed by atoms with Gasteiger partial charge in [-0.25, -0.2) is 24.1 Å². The van der Waals surface area contributed by atoms with Crippen LogP contribution < -0.4 is 5.56 Å². The van der Waals surface area contributed by atoms with Crippen LogP contribution in [0.5, 0.6) is 0 Å². The molecule has 0 radical (unpaired) electrons. The van der Waals surface area contributed by atoms with Crippen molar-refractivity contribution in [3.63, 3.8) is 0 Å². The third kappa shape index (κ3) is 4.35. The zero-order valence-electron chi connectivity index (χ0n) is 16.6. The number of rotatable bonds is 6. The van der Waals surface area contributed by atoms with E-state index in [0.29, 0.717) is 17.0 Å². The molecule has 4 aromatic rings. The van der Waals surface area contributed by atoms with E-state index in [1.54, 1.807) is 19.1 Å². The largest absolute Gasteiger partial charge is 0.461 e. The summed E-state index contributed by atoms with van der Waals surface area (Å²) in [6.07, 6.45) is 0. The van der Waals surface area contributed by atoms with Crippen molar-refractivity contribution in [3.05, 3.63) is 88.1 Å². The monoisotopic (exact) mass is 418 g/mol. The highest BCUT2D eigenvalue weighted by Gasteiger charge is 2.15. The van der Waals surface area contributed by atoms with Crippen molar-refractivity contribution in [2.24, 2.45) is 0 Å². The van der Waals surface area contributed by atoms with Gasteiger partial charge in [0.25, 0.3) is 5.56 Å². The Morgan fingerprint density at radius 1 is 0.968 bits per heavy atom. The van der Waals surface area contributed by atoms with Gasteiger partial charge in [0.1, 0.15) is 18.0 Å². The van der Waals surface area contributed by atoms with E-state index in [4.69, 9.17) is 9.47 Å². The number of hydrogen-bond donors (Lipinski definition) is 1. The minimum Gasteiger partial charge on any atom is -0.461 e. The molecule has 9 nitrogen and oxygen atoms in total. The molecule has 1 N–H and O–H groups in total. The Morgan fingerprint density at radius 3 is 2.55 bits per heavy atom. The van der Waals surface area contributed by atoms with Gasteiger partial charge in [0.15, 0.2) is 5.65 Å². The van der Waals surface area contributed by atoms with Gasteiger partial charge in [0.05, 0.1) is 18.0 Å². The number of nitrogens with one attached hydrogen (secondary N) is 1. The Kier molecular flexibility index (Phi) is 5.57. The fraction of sp³-hybridized carbons (Fsp3) is 0.136. The maximum atomic E-state index is 12.5. The number of hydrogen-bond acceptors (Lipinski definition) is 7. The maximum absolute atomic E-state index is 12.5. The first-order chi connectivity index (χ1) is 15.0. The molecule has 0 bridgehead atoms. The molecule has 0 aliphatic rings. The molecule has 0 saturated carbocycles. The number of nitrogens with zero attached hydrogens (tertiary/aromatic N) is 3. The molecule has 0 spiro atoms. The molecule has 0 saturated heterocycles. The third-order valence-corrected chi connectivity index (χ3v) is 4.38. The molecule has 0 aliphatic carbocycles. The van der Waals surface area contributed by atoms with Crippen molar-refractivity contribution in [1.29, 1.82) is 0 Å². The van der Waals surface area contributed by atoms with E-state index >= 15 is 0 Å². The molecule has 31 heavy (non-hydrogen) atoms. The summed E-state index contributed by atoms with van der Waals surface area (Å²) in [7, 11) is 0. The first-order valence-electron chi connectivity index (χ1n) is 9.53. The number of esters is 2. The molecule has 156 valence electrons. The molecule has 9 heteroatoms. The summed E-state index contributed by atoms with van der Waals surface area (Å²) in [5.74, 6) is -1.24. The highest BCUT2D eigenvalue weighted by atomic mass is 16.5. The van der Waals surface area contributed by atoms with Gasteiger partial charge in [-0.1, -0.05) is 36.4 Å². The van der Waals surface area contributed by atoms with Crippen molar-refractivity contribution < 1.29 is 19.1 Å². The lowest BCUT2D eigenvalue weighted by Crippen LogP contribution is -2.15. The fourth-order valence-corrected chi connectivity index (χ4v) is 2.95. The van der Waals surface area contributed by atoms with Crippen molar-refractivity contribution in [2.45, 2.75) is 13.5 Å². The number of fused-ring (bicyclic) bond motifs is 1. The average molecular weight is 418 g/mol. The van der Waals surface area contributed by atoms with Crippen LogP contribution in [0, 0.1) is 0 Å². The number of carbonyl (C=O) groups excluding carboxylic acids is 2. The highest BCUT2D eigenvalue weighted by Crippen LogP contribution is 2.16. The zero-order valence-corrected chi connectivity index (χ0v) is 16.6. The van der Waals surface area contributed by atoms with E-state index in [9.17, 15) is 14.4 Å². The van der Waals surface area contributed by atoms with Crippen LogP contribution in [-0.2, 0) is 16.1 Å². The minimum absolute atomic E-state index is 0.0661. The molecular weight excluding hydrogens is 400 g/mol. The number of aromatic nitrogens is 4. The molecule has 0 aliphatic heterocycles. The molecular formula is C22H18N4O5. The van der Waals surface area contributed by atoms with Crippen LogP contribution >= 0.6 is 0 Å². The molecule has 4 rings (SSSR count). The van der Waals surface area contributed by atoms with Gasteiger partial charge in [-0.3, -0.25) is 9.89 Å². The molecule has 0 amide bonds. The Labute approximate surface area is 176 Å². The maximum Gasteiger partial charge on any atom is 0.356 e. The van der Waals surface area contributed by atoms with E-state index in [1.807, 2.05) is 30.3 Å². The summed E-state index contributed by atoms with van der Waals surface area (Å²) in [6, 6.07) is 16.9. The van der Waals surface area contributed by atoms with Gasteiger partial charge in [0.2, 0.25) is 0 Å². The lowest BCUT2D eigenvalue weighted by Gasteiger charge is -2.05. The number of carbonyl (C=O) groups is 2. The van der Waals surface area contributed by atoms with Crippen LogP contribution in [0.25, 0.3) is 16.9 Å². The van der Waals surface area contributed by atoms with Crippen molar-refractivity contribution in [2.75, 3.05) is 6.61 Å². The Balaban J connectivity index is 1.52. The quantitative estimate of drug-likeness (QED) is 0.479. The second kappa shape index (κ2) is 8.62. The standard InChI is InChI=1S/C22H18N4O5/c1-2-30-21(28)16-10-6-9-15(23-16)13-31-22(29)18-11-19-24-17(12-20(27)26(19)25-18)14-7-4-3-5-8-14/h3-12,25H,2,13H2,1H3. The van der Waals surface area contributed by atoms with Crippen molar-refractivity contribution in [1.82, 2.24) is 19.6 Å². The molecule has 0 atom stereocenters. The van der Waals surface area contributed by atoms with Crippen LogP contribution in [0.2, 0.25) is 0 Å². The number of pyridine rings is 1. The van der Waals surface area contributed by atoms with E-state index in [0.717, 1.165) is 5.56 Å². The predicted molar refractivity (Wildman–Crippen MR) is 111 cm³/mol. The van der Waals surface area contributed by atoms with Gasteiger partial charge in [0, 0.05) is 17.7 Å². The number of H-pyrrole nitrogens is 1. The molecule has 3 heterocycles.